The van der Waals surface area contributed by atoms with E-state index in [2.05, 4.69) is 59.5 Å². The highest BCUT2D eigenvalue weighted by molar-refractivity contribution is 7.07. The maximum Gasteiger partial charge on any atom is 0.00959 e. The van der Waals surface area contributed by atoms with Gasteiger partial charge >= 0.3 is 0 Å². The van der Waals surface area contributed by atoms with Gasteiger partial charge in [0.15, 0.2) is 0 Å². The van der Waals surface area contributed by atoms with Gasteiger partial charge in [0, 0.05) is 6.04 Å². The molecule has 20 heavy (non-hydrogen) atoms. The van der Waals surface area contributed by atoms with E-state index in [1.165, 1.54) is 36.8 Å². The van der Waals surface area contributed by atoms with Crippen molar-refractivity contribution in [2.24, 2.45) is 5.92 Å². The summed E-state index contributed by atoms with van der Waals surface area (Å²) in [6.07, 6.45) is 5.14. The van der Waals surface area contributed by atoms with Gasteiger partial charge in [-0.2, -0.15) is 11.3 Å². The van der Waals surface area contributed by atoms with Gasteiger partial charge in [-0.1, -0.05) is 30.3 Å². The molecule has 0 saturated heterocycles. The molecule has 0 spiro atoms. The van der Waals surface area contributed by atoms with Crippen LogP contribution < -0.4 is 5.32 Å². The van der Waals surface area contributed by atoms with Gasteiger partial charge < -0.3 is 5.32 Å². The van der Waals surface area contributed by atoms with Gasteiger partial charge in [0.05, 0.1) is 0 Å². The van der Waals surface area contributed by atoms with E-state index in [0.29, 0.717) is 6.04 Å². The maximum absolute atomic E-state index is 3.54. The molecule has 1 aromatic carbocycles. The Morgan fingerprint density at radius 2 is 2.00 bits per heavy atom. The van der Waals surface area contributed by atoms with Gasteiger partial charge in [0.1, 0.15) is 0 Å². The number of nitrogens with one attached hydrogen (secondary N) is 1. The summed E-state index contributed by atoms with van der Waals surface area (Å²) in [5, 5.41) is 8.04. The highest BCUT2D eigenvalue weighted by Gasteiger charge is 2.30. The van der Waals surface area contributed by atoms with Crippen LogP contribution in [0.2, 0.25) is 0 Å². The fourth-order valence-corrected chi connectivity index (χ4v) is 4.29. The van der Waals surface area contributed by atoms with E-state index in [0.717, 1.165) is 11.8 Å². The zero-order chi connectivity index (χ0) is 13.8. The van der Waals surface area contributed by atoms with Crippen LogP contribution in [0.25, 0.3) is 0 Å². The Morgan fingerprint density at radius 1 is 1.15 bits per heavy atom. The van der Waals surface area contributed by atoms with E-state index in [-0.39, 0.29) is 0 Å². The molecule has 2 aromatic rings. The highest BCUT2D eigenvalue weighted by atomic mass is 32.1. The van der Waals surface area contributed by atoms with E-state index >= 15 is 0 Å². The second-order valence-electron chi connectivity index (χ2n) is 5.91. The molecule has 1 fully saturated rings. The van der Waals surface area contributed by atoms with Crippen molar-refractivity contribution in [1.82, 2.24) is 5.32 Å². The topological polar surface area (TPSA) is 12.0 Å². The number of benzene rings is 1. The standard InChI is InChI=1S/C18H23NS/c1-19-18-8-7-16(15-5-3-2-4-6-15)12-17(18)11-14-9-10-20-13-14/h2-6,9-10,13,16-19H,7-8,11-12H2,1H3. The molecule has 3 atom stereocenters. The molecule has 3 rings (SSSR count). The molecule has 0 radical (unpaired) electrons. The fraction of sp³-hybridized carbons (Fsp3) is 0.444. The monoisotopic (exact) mass is 285 g/mol. The smallest absolute Gasteiger partial charge is 0.00959 e. The fourth-order valence-electron chi connectivity index (χ4n) is 3.61. The number of rotatable bonds is 4. The van der Waals surface area contributed by atoms with Gasteiger partial charge in [0.2, 0.25) is 0 Å². The second-order valence-corrected chi connectivity index (χ2v) is 6.69. The van der Waals surface area contributed by atoms with E-state index < -0.39 is 0 Å². The summed E-state index contributed by atoms with van der Waals surface area (Å²) in [5.74, 6) is 1.50. The lowest BCUT2D eigenvalue weighted by molar-refractivity contribution is 0.248. The molecule has 0 amide bonds. The zero-order valence-electron chi connectivity index (χ0n) is 12.1. The summed E-state index contributed by atoms with van der Waals surface area (Å²) in [5.41, 5.74) is 3.03. The first-order valence-corrected chi connectivity index (χ1v) is 8.54. The Hall–Kier alpha value is -1.12. The zero-order valence-corrected chi connectivity index (χ0v) is 12.9. The van der Waals surface area contributed by atoms with E-state index in [1.54, 1.807) is 0 Å². The van der Waals surface area contributed by atoms with Crippen LogP contribution >= 0.6 is 11.3 Å². The van der Waals surface area contributed by atoms with Gasteiger partial charge in [0.25, 0.3) is 0 Å². The molecule has 1 aromatic heterocycles. The predicted octanol–water partition coefficient (Wildman–Crippen LogP) is 4.46. The third kappa shape index (κ3) is 3.13. The van der Waals surface area contributed by atoms with Crippen LogP contribution in [0.4, 0.5) is 0 Å². The third-order valence-corrected chi connectivity index (χ3v) is 5.43. The molecule has 1 nitrogen and oxygen atoms in total. The van der Waals surface area contributed by atoms with E-state index in [1.807, 2.05) is 11.3 Å². The third-order valence-electron chi connectivity index (χ3n) is 4.70. The molecule has 1 aliphatic carbocycles. The summed E-state index contributed by atoms with van der Waals surface area (Å²) < 4.78 is 0. The highest BCUT2D eigenvalue weighted by Crippen LogP contribution is 2.37. The Bertz CT molecular complexity index is 505. The molecule has 1 heterocycles. The van der Waals surface area contributed by atoms with Gasteiger partial charge in [-0.3, -0.25) is 0 Å². The minimum Gasteiger partial charge on any atom is -0.317 e. The average Bonchev–Trinajstić information content (AvgIpc) is 3.01. The first kappa shape index (κ1) is 13.8. The Labute approximate surface area is 126 Å². The Kier molecular flexibility index (Phi) is 4.54. The van der Waals surface area contributed by atoms with Crippen LogP contribution in [0, 0.1) is 5.92 Å². The molecule has 3 unspecified atom stereocenters. The van der Waals surface area contributed by atoms with Crippen LogP contribution in [0.1, 0.15) is 36.3 Å². The van der Waals surface area contributed by atoms with Crippen LogP contribution in [-0.4, -0.2) is 13.1 Å². The molecule has 1 N–H and O–H groups in total. The number of hydrogen-bond donors (Lipinski definition) is 1. The predicted molar refractivity (Wildman–Crippen MR) is 87.4 cm³/mol. The van der Waals surface area contributed by atoms with Gasteiger partial charge in [-0.15, -0.1) is 0 Å². The van der Waals surface area contributed by atoms with Crippen molar-refractivity contribution in [3.05, 3.63) is 58.3 Å². The van der Waals surface area contributed by atoms with Crippen molar-refractivity contribution in [1.29, 1.82) is 0 Å². The van der Waals surface area contributed by atoms with Crippen molar-refractivity contribution >= 4 is 11.3 Å². The number of hydrogen-bond acceptors (Lipinski definition) is 2. The van der Waals surface area contributed by atoms with Crippen LogP contribution in [0.15, 0.2) is 47.2 Å². The van der Waals surface area contributed by atoms with Crippen molar-refractivity contribution in [3.63, 3.8) is 0 Å². The van der Waals surface area contributed by atoms with Crippen LogP contribution in [0.5, 0.6) is 0 Å². The average molecular weight is 285 g/mol. The molecule has 106 valence electrons. The van der Waals surface area contributed by atoms with E-state index in [9.17, 15) is 0 Å². The summed E-state index contributed by atoms with van der Waals surface area (Å²) in [4.78, 5) is 0. The summed E-state index contributed by atoms with van der Waals surface area (Å²) in [6.45, 7) is 0. The largest absolute Gasteiger partial charge is 0.317 e. The van der Waals surface area contributed by atoms with Crippen molar-refractivity contribution in [2.45, 2.75) is 37.6 Å². The lowest BCUT2D eigenvalue weighted by Gasteiger charge is -2.36. The normalized spacial score (nSPS) is 26.6. The number of thiophene rings is 1. The van der Waals surface area contributed by atoms with Gasteiger partial charge in [-0.25, -0.2) is 0 Å². The molecular weight excluding hydrogens is 262 g/mol. The van der Waals surface area contributed by atoms with Crippen molar-refractivity contribution < 1.29 is 0 Å². The summed E-state index contributed by atoms with van der Waals surface area (Å²) in [7, 11) is 2.12. The first-order chi connectivity index (χ1) is 9.86. The SMILES string of the molecule is CNC1CCC(c2ccccc2)CC1Cc1ccsc1. The second kappa shape index (κ2) is 6.55. The minimum atomic E-state index is 0.676. The molecule has 2 heteroatoms. The van der Waals surface area contributed by atoms with Gasteiger partial charge in [-0.05, 0) is 72.5 Å². The lowest BCUT2D eigenvalue weighted by Crippen LogP contribution is -2.39. The minimum absolute atomic E-state index is 0.676. The molecule has 0 bridgehead atoms. The first-order valence-electron chi connectivity index (χ1n) is 7.60. The summed E-state index contributed by atoms with van der Waals surface area (Å²) in [6, 6.07) is 14.0. The van der Waals surface area contributed by atoms with Crippen LogP contribution in [-0.2, 0) is 6.42 Å². The molecule has 1 aliphatic rings. The summed E-state index contributed by atoms with van der Waals surface area (Å²) >= 11 is 1.81. The van der Waals surface area contributed by atoms with Crippen molar-refractivity contribution in [3.8, 4) is 0 Å². The Morgan fingerprint density at radius 3 is 2.70 bits per heavy atom. The lowest BCUT2D eigenvalue weighted by atomic mass is 9.73. The van der Waals surface area contributed by atoms with Crippen molar-refractivity contribution in [2.75, 3.05) is 7.05 Å². The molecule has 0 aliphatic heterocycles. The van der Waals surface area contributed by atoms with Crippen LogP contribution in [0.3, 0.4) is 0 Å². The quantitative estimate of drug-likeness (QED) is 0.874. The Balaban J connectivity index is 1.72. The van der Waals surface area contributed by atoms with E-state index in [4.69, 9.17) is 0 Å². The molecule has 1 saturated carbocycles. The molecular formula is C18H23NS. The maximum atomic E-state index is 3.54.